The standard InChI is InChI=1S/C18H21FN2O3/c1-23-12-16-6-7-17(24-16)18(22)20-10-13-8-9-21(11-13)15-4-2-14(19)3-5-15/h2-7,13H,8-12H2,1H3,(H,20,22). The van der Waals surface area contributed by atoms with Crippen molar-refractivity contribution in [3.8, 4) is 0 Å². The summed E-state index contributed by atoms with van der Waals surface area (Å²) in [6.45, 7) is 2.70. The lowest BCUT2D eigenvalue weighted by molar-refractivity contribution is 0.0912. The van der Waals surface area contributed by atoms with Gasteiger partial charge in [0.2, 0.25) is 0 Å². The monoisotopic (exact) mass is 332 g/mol. The summed E-state index contributed by atoms with van der Waals surface area (Å²) in [7, 11) is 1.58. The topological polar surface area (TPSA) is 54.7 Å². The van der Waals surface area contributed by atoms with Gasteiger partial charge in [0.1, 0.15) is 18.2 Å². The number of halogens is 1. The molecule has 1 atom stereocenters. The maximum atomic E-state index is 13.0. The Labute approximate surface area is 140 Å². The van der Waals surface area contributed by atoms with E-state index in [-0.39, 0.29) is 11.7 Å². The van der Waals surface area contributed by atoms with E-state index in [1.807, 2.05) is 0 Å². The van der Waals surface area contributed by atoms with Crippen LogP contribution in [0.4, 0.5) is 10.1 Å². The molecule has 2 heterocycles. The van der Waals surface area contributed by atoms with Crippen molar-refractivity contribution in [2.45, 2.75) is 13.0 Å². The Balaban J connectivity index is 1.48. The first kappa shape index (κ1) is 16.5. The van der Waals surface area contributed by atoms with Crippen LogP contribution in [-0.4, -0.2) is 32.7 Å². The molecule has 5 nitrogen and oxygen atoms in total. The minimum atomic E-state index is -0.229. The van der Waals surface area contributed by atoms with E-state index in [0.29, 0.717) is 30.6 Å². The average Bonchev–Trinajstić information content (AvgIpc) is 3.23. The van der Waals surface area contributed by atoms with E-state index < -0.39 is 0 Å². The lowest BCUT2D eigenvalue weighted by atomic mass is 10.1. The van der Waals surface area contributed by atoms with Crippen LogP contribution in [0.2, 0.25) is 0 Å². The maximum Gasteiger partial charge on any atom is 0.287 e. The number of anilines is 1. The fourth-order valence-corrected chi connectivity index (χ4v) is 2.93. The number of furan rings is 1. The van der Waals surface area contributed by atoms with Gasteiger partial charge >= 0.3 is 0 Å². The lowest BCUT2D eigenvalue weighted by Gasteiger charge is -2.18. The molecule has 1 N–H and O–H groups in total. The van der Waals surface area contributed by atoms with E-state index in [4.69, 9.17) is 9.15 Å². The van der Waals surface area contributed by atoms with E-state index in [0.717, 1.165) is 25.2 Å². The molecule has 0 aliphatic carbocycles. The van der Waals surface area contributed by atoms with Gasteiger partial charge in [-0.25, -0.2) is 4.39 Å². The number of carbonyl (C=O) groups excluding carboxylic acids is 1. The third kappa shape index (κ3) is 3.94. The van der Waals surface area contributed by atoms with Gasteiger partial charge in [-0.05, 0) is 48.7 Å². The number of carbonyl (C=O) groups is 1. The van der Waals surface area contributed by atoms with Crippen molar-refractivity contribution in [3.63, 3.8) is 0 Å². The molecule has 1 aliphatic rings. The molecule has 2 aromatic rings. The molecule has 0 bridgehead atoms. The van der Waals surface area contributed by atoms with Crippen LogP contribution in [0.15, 0.2) is 40.8 Å². The molecular weight excluding hydrogens is 311 g/mol. The van der Waals surface area contributed by atoms with Gasteiger partial charge in [-0.15, -0.1) is 0 Å². The second kappa shape index (κ2) is 7.49. The van der Waals surface area contributed by atoms with Crippen LogP contribution in [0.25, 0.3) is 0 Å². The number of benzene rings is 1. The number of rotatable bonds is 6. The van der Waals surface area contributed by atoms with Gasteiger partial charge in [-0.1, -0.05) is 0 Å². The zero-order chi connectivity index (χ0) is 16.9. The highest BCUT2D eigenvalue weighted by molar-refractivity contribution is 5.91. The van der Waals surface area contributed by atoms with Gasteiger partial charge in [-0.3, -0.25) is 4.79 Å². The van der Waals surface area contributed by atoms with Crippen LogP contribution >= 0.6 is 0 Å². The predicted octanol–water partition coefficient (Wildman–Crippen LogP) is 2.82. The number of hydrogen-bond donors (Lipinski definition) is 1. The summed E-state index contributed by atoms with van der Waals surface area (Å²) in [6.07, 6.45) is 0.991. The smallest absolute Gasteiger partial charge is 0.287 e. The number of nitrogens with one attached hydrogen (secondary N) is 1. The molecule has 1 aromatic carbocycles. The summed E-state index contributed by atoms with van der Waals surface area (Å²) in [5.74, 6) is 0.861. The molecule has 3 rings (SSSR count). The molecule has 0 radical (unpaired) electrons. The summed E-state index contributed by atoms with van der Waals surface area (Å²) in [5, 5.41) is 2.92. The molecule has 6 heteroatoms. The first-order valence-electron chi connectivity index (χ1n) is 8.02. The Hall–Kier alpha value is -2.34. The number of ether oxygens (including phenoxy) is 1. The quantitative estimate of drug-likeness (QED) is 0.884. The Morgan fingerprint density at radius 3 is 2.88 bits per heavy atom. The average molecular weight is 332 g/mol. The summed E-state index contributed by atoms with van der Waals surface area (Å²) >= 11 is 0. The largest absolute Gasteiger partial charge is 0.453 e. The second-order valence-corrected chi connectivity index (χ2v) is 5.99. The number of amides is 1. The molecule has 0 saturated carbocycles. The molecule has 0 spiro atoms. The molecular formula is C18H21FN2O3. The molecule has 128 valence electrons. The highest BCUT2D eigenvalue weighted by Crippen LogP contribution is 2.23. The number of hydrogen-bond acceptors (Lipinski definition) is 4. The second-order valence-electron chi connectivity index (χ2n) is 5.99. The van der Waals surface area contributed by atoms with Gasteiger partial charge in [0.05, 0.1) is 0 Å². The fraction of sp³-hybridized carbons (Fsp3) is 0.389. The Morgan fingerprint density at radius 1 is 1.33 bits per heavy atom. The van der Waals surface area contributed by atoms with Crippen molar-refractivity contribution in [3.05, 3.63) is 53.7 Å². The van der Waals surface area contributed by atoms with E-state index in [2.05, 4.69) is 10.2 Å². The van der Waals surface area contributed by atoms with Crippen molar-refractivity contribution in [2.24, 2.45) is 5.92 Å². The minimum Gasteiger partial charge on any atom is -0.453 e. The van der Waals surface area contributed by atoms with E-state index >= 15 is 0 Å². The van der Waals surface area contributed by atoms with Crippen LogP contribution in [0.3, 0.4) is 0 Å². The van der Waals surface area contributed by atoms with Crippen LogP contribution in [0.1, 0.15) is 22.7 Å². The van der Waals surface area contributed by atoms with Gasteiger partial charge < -0.3 is 19.4 Å². The van der Waals surface area contributed by atoms with Crippen molar-refractivity contribution in [2.75, 3.05) is 31.6 Å². The summed E-state index contributed by atoms with van der Waals surface area (Å²) < 4.78 is 23.4. The predicted molar refractivity (Wildman–Crippen MR) is 88.5 cm³/mol. The molecule has 1 aliphatic heterocycles. The van der Waals surface area contributed by atoms with E-state index in [1.54, 1.807) is 31.4 Å². The van der Waals surface area contributed by atoms with Gasteiger partial charge in [0.25, 0.3) is 5.91 Å². The molecule has 1 unspecified atom stereocenters. The van der Waals surface area contributed by atoms with Crippen LogP contribution in [0.5, 0.6) is 0 Å². The lowest BCUT2D eigenvalue weighted by Crippen LogP contribution is -2.30. The highest BCUT2D eigenvalue weighted by atomic mass is 19.1. The molecule has 1 saturated heterocycles. The SMILES string of the molecule is COCc1ccc(C(=O)NCC2CCN(c3ccc(F)cc3)C2)o1. The molecule has 24 heavy (non-hydrogen) atoms. The van der Waals surface area contributed by atoms with E-state index in [9.17, 15) is 9.18 Å². The first-order valence-corrected chi connectivity index (χ1v) is 8.02. The van der Waals surface area contributed by atoms with Crippen LogP contribution in [-0.2, 0) is 11.3 Å². The van der Waals surface area contributed by atoms with Crippen molar-refractivity contribution in [1.82, 2.24) is 5.32 Å². The third-order valence-corrected chi connectivity index (χ3v) is 4.20. The zero-order valence-electron chi connectivity index (χ0n) is 13.6. The van der Waals surface area contributed by atoms with Crippen molar-refractivity contribution in [1.29, 1.82) is 0 Å². The Morgan fingerprint density at radius 2 is 2.12 bits per heavy atom. The normalized spacial score (nSPS) is 17.2. The van der Waals surface area contributed by atoms with Crippen LogP contribution < -0.4 is 10.2 Å². The summed E-state index contributed by atoms with van der Waals surface area (Å²) in [5.41, 5.74) is 1.01. The number of methoxy groups -OCH3 is 1. The van der Waals surface area contributed by atoms with Gasteiger partial charge in [0.15, 0.2) is 5.76 Å². The Kier molecular flexibility index (Phi) is 5.15. The van der Waals surface area contributed by atoms with Crippen molar-refractivity contribution < 1.29 is 18.3 Å². The first-order chi connectivity index (χ1) is 11.7. The minimum absolute atomic E-state index is 0.211. The highest BCUT2D eigenvalue weighted by Gasteiger charge is 2.23. The number of nitrogens with zero attached hydrogens (tertiary/aromatic N) is 1. The zero-order valence-corrected chi connectivity index (χ0v) is 13.6. The third-order valence-electron chi connectivity index (χ3n) is 4.20. The van der Waals surface area contributed by atoms with Crippen LogP contribution in [0, 0.1) is 11.7 Å². The van der Waals surface area contributed by atoms with Gasteiger partial charge in [-0.2, -0.15) is 0 Å². The fourth-order valence-electron chi connectivity index (χ4n) is 2.93. The molecule has 1 fully saturated rings. The summed E-state index contributed by atoms with van der Waals surface area (Å²) in [4.78, 5) is 14.3. The molecule has 1 aromatic heterocycles. The van der Waals surface area contributed by atoms with Crippen molar-refractivity contribution >= 4 is 11.6 Å². The van der Waals surface area contributed by atoms with Gasteiger partial charge in [0, 0.05) is 32.4 Å². The molecule has 1 amide bonds. The Bertz CT molecular complexity index is 684. The van der Waals surface area contributed by atoms with E-state index in [1.165, 1.54) is 12.1 Å². The summed E-state index contributed by atoms with van der Waals surface area (Å²) in [6, 6.07) is 9.91. The maximum absolute atomic E-state index is 13.0.